The largest absolute Gasteiger partial charge is 0.495 e. The van der Waals surface area contributed by atoms with Gasteiger partial charge in [0.15, 0.2) is 11.5 Å². The normalized spacial score (nSPS) is 19.8. The second-order valence-electron chi connectivity index (χ2n) is 7.56. The van der Waals surface area contributed by atoms with E-state index in [4.69, 9.17) is 14.2 Å². The van der Waals surface area contributed by atoms with Crippen molar-refractivity contribution in [3.8, 4) is 17.2 Å². The molecule has 4 rings (SSSR count). The number of benzene rings is 2. The molecule has 0 aromatic heterocycles. The molecule has 4 amide bonds. The monoisotopic (exact) mass is 425 g/mol. The Morgan fingerprint density at radius 2 is 1.90 bits per heavy atom. The smallest absolute Gasteiger partial charge is 0.325 e. The van der Waals surface area contributed by atoms with Crippen LogP contribution in [0.25, 0.3) is 0 Å². The van der Waals surface area contributed by atoms with E-state index in [1.165, 1.54) is 7.11 Å². The Hall–Kier alpha value is -3.75. The van der Waals surface area contributed by atoms with E-state index in [1.807, 2.05) is 13.0 Å². The van der Waals surface area contributed by atoms with Crippen molar-refractivity contribution in [1.82, 2.24) is 10.2 Å². The summed E-state index contributed by atoms with van der Waals surface area (Å²) in [5.41, 5.74) is 0.610. The summed E-state index contributed by atoms with van der Waals surface area (Å²) in [6.45, 7) is 3.91. The first-order valence-electron chi connectivity index (χ1n) is 9.80. The van der Waals surface area contributed by atoms with Crippen molar-refractivity contribution < 1.29 is 28.6 Å². The minimum absolute atomic E-state index is 0.405. The lowest BCUT2D eigenvalue weighted by Gasteiger charge is -2.25. The van der Waals surface area contributed by atoms with Crippen molar-refractivity contribution in [2.24, 2.45) is 0 Å². The molecule has 0 spiro atoms. The summed E-state index contributed by atoms with van der Waals surface area (Å²) in [5.74, 6) is 0.532. The number of hydrogen-bond acceptors (Lipinski definition) is 6. The van der Waals surface area contributed by atoms with Crippen LogP contribution < -0.4 is 24.8 Å². The number of amides is 4. The molecule has 0 radical (unpaired) electrons. The van der Waals surface area contributed by atoms with E-state index >= 15 is 0 Å². The van der Waals surface area contributed by atoms with E-state index in [0.717, 1.165) is 10.5 Å². The quantitative estimate of drug-likeness (QED) is 0.712. The van der Waals surface area contributed by atoms with Gasteiger partial charge in [0, 0.05) is 0 Å². The molecule has 9 nitrogen and oxygen atoms in total. The van der Waals surface area contributed by atoms with Crippen molar-refractivity contribution in [3.63, 3.8) is 0 Å². The highest BCUT2D eigenvalue weighted by molar-refractivity contribution is 6.10. The molecular weight excluding hydrogens is 402 g/mol. The number of nitrogens with zero attached hydrogens (tertiary/aromatic N) is 1. The summed E-state index contributed by atoms with van der Waals surface area (Å²) in [6, 6.07) is 9.77. The van der Waals surface area contributed by atoms with Crippen molar-refractivity contribution >= 4 is 23.5 Å². The lowest BCUT2D eigenvalue weighted by atomic mass is 9.91. The van der Waals surface area contributed by atoms with Crippen molar-refractivity contribution in [3.05, 3.63) is 47.5 Å². The molecule has 1 saturated heterocycles. The Kier molecular flexibility index (Phi) is 5.18. The van der Waals surface area contributed by atoms with Crippen molar-refractivity contribution in [2.45, 2.75) is 19.4 Å². The number of carbonyl (C=O) groups excluding carboxylic acids is 3. The average Bonchev–Trinajstić information content (AvgIpc) is 2.97. The molecule has 2 aliphatic heterocycles. The second-order valence-corrected chi connectivity index (χ2v) is 7.56. The number of hydrogen-bond donors (Lipinski definition) is 2. The number of imide groups is 1. The van der Waals surface area contributed by atoms with Crippen LogP contribution in [0.1, 0.15) is 18.1 Å². The van der Waals surface area contributed by atoms with Crippen LogP contribution in [0, 0.1) is 6.92 Å². The van der Waals surface area contributed by atoms with Crippen LogP contribution in [0.4, 0.5) is 10.5 Å². The molecule has 0 saturated carbocycles. The van der Waals surface area contributed by atoms with Gasteiger partial charge >= 0.3 is 6.03 Å². The van der Waals surface area contributed by atoms with Crippen LogP contribution >= 0.6 is 0 Å². The first kappa shape index (κ1) is 20.5. The van der Waals surface area contributed by atoms with E-state index in [1.54, 1.807) is 37.3 Å². The Morgan fingerprint density at radius 3 is 2.65 bits per heavy atom. The van der Waals surface area contributed by atoms with Gasteiger partial charge in [0.1, 0.15) is 31.0 Å². The number of fused-ring (bicyclic) bond motifs is 1. The van der Waals surface area contributed by atoms with Gasteiger partial charge in [-0.25, -0.2) is 4.79 Å². The van der Waals surface area contributed by atoms with Gasteiger partial charge in [-0.2, -0.15) is 0 Å². The van der Waals surface area contributed by atoms with Gasteiger partial charge in [-0.15, -0.1) is 0 Å². The zero-order valence-corrected chi connectivity index (χ0v) is 17.5. The minimum atomic E-state index is -1.33. The third-order valence-electron chi connectivity index (χ3n) is 5.33. The molecule has 0 aliphatic carbocycles. The Balaban J connectivity index is 1.52. The lowest BCUT2D eigenvalue weighted by molar-refractivity contribution is -0.133. The van der Waals surface area contributed by atoms with Crippen molar-refractivity contribution in [1.29, 1.82) is 0 Å². The fourth-order valence-corrected chi connectivity index (χ4v) is 3.64. The second kappa shape index (κ2) is 7.82. The van der Waals surface area contributed by atoms with Crippen LogP contribution in [-0.2, 0) is 15.1 Å². The summed E-state index contributed by atoms with van der Waals surface area (Å²) >= 11 is 0. The van der Waals surface area contributed by atoms with Gasteiger partial charge in [-0.3, -0.25) is 14.5 Å². The highest BCUT2D eigenvalue weighted by Crippen LogP contribution is 2.37. The molecule has 2 N–H and O–H groups in total. The maximum Gasteiger partial charge on any atom is 0.325 e. The molecule has 31 heavy (non-hydrogen) atoms. The number of carbonyl (C=O) groups is 3. The van der Waals surface area contributed by atoms with Crippen LogP contribution in [-0.4, -0.2) is 49.6 Å². The predicted octanol–water partition coefficient (Wildman–Crippen LogP) is 2.18. The summed E-state index contributed by atoms with van der Waals surface area (Å²) in [4.78, 5) is 39.2. The maximum atomic E-state index is 13.1. The minimum Gasteiger partial charge on any atom is -0.495 e. The van der Waals surface area contributed by atoms with Gasteiger partial charge in [-0.05, 0) is 49.2 Å². The summed E-state index contributed by atoms with van der Waals surface area (Å²) in [6.07, 6.45) is 0. The van der Waals surface area contributed by atoms with Crippen LogP contribution in [0.2, 0.25) is 0 Å². The molecule has 162 valence electrons. The first-order valence-corrected chi connectivity index (χ1v) is 9.80. The van der Waals surface area contributed by atoms with Gasteiger partial charge < -0.3 is 24.8 Å². The first-order chi connectivity index (χ1) is 14.8. The van der Waals surface area contributed by atoms with Crippen LogP contribution in [0.5, 0.6) is 17.2 Å². The molecule has 2 heterocycles. The number of methoxy groups -OCH3 is 1. The molecular formula is C22H23N3O6. The molecule has 0 bridgehead atoms. The van der Waals surface area contributed by atoms with Gasteiger partial charge in [0.2, 0.25) is 5.91 Å². The standard InChI is InChI=1S/C22H23N3O6/c1-13-4-6-16(29-3)15(10-13)23-19(26)12-25-20(27)22(2,24-21(25)28)14-5-7-17-18(11-14)31-9-8-30-17/h4-7,10-11H,8-9,12H2,1-3H3,(H,23,26)(H,24,28). The van der Waals surface area contributed by atoms with E-state index < -0.39 is 29.9 Å². The fourth-order valence-electron chi connectivity index (χ4n) is 3.64. The van der Waals surface area contributed by atoms with E-state index in [-0.39, 0.29) is 0 Å². The van der Waals surface area contributed by atoms with E-state index in [2.05, 4.69) is 10.6 Å². The van der Waals surface area contributed by atoms with E-state index in [0.29, 0.717) is 41.7 Å². The summed E-state index contributed by atoms with van der Waals surface area (Å²) in [5, 5.41) is 5.39. The third-order valence-corrected chi connectivity index (χ3v) is 5.33. The molecule has 1 fully saturated rings. The number of ether oxygens (including phenoxy) is 3. The third kappa shape index (κ3) is 3.74. The fraction of sp³-hybridized carbons (Fsp3) is 0.318. The molecule has 2 aromatic carbocycles. The average molecular weight is 425 g/mol. The number of anilines is 1. The maximum absolute atomic E-state index is 13.1. The Morgan fingerprint density at radius 1 is 1.16 bits per heavy atom. The van der Waals surface area contributed by atoms with Gasteiger partial charge in [-0.1, -0.05) is 12.1 Å². The highest BCUT2D eigenvalue weighted by atomic mass is 16.6. The predicted molar refractivity (Wildman–Crippen MR) is 111 cm³/mol. The summed E-state index contributed by atoms with van der Waals surface area (Å²) < 4.78 is 16.3. The van der Waals surface area contributed by atoms with Crippen LogP contribution in [0.15, 0.2) is 36.4 Å². The Labute approximate surface area is 179 Å². The topological polar surface area (TPSA) is 106 Å². The zero-order valence-electron chi connectivity index (χ0n) is 17.5. The zero-order chi connectivity index (χ0) is 22.2. The van der Waals surface area contributed by atoms with Crippen LogP contribution in [0.3, 0.4) is 0 Å². The molecule has 1 atom stereocenters. The van der Waals surface area contributed by atoms with Crippen molar-refractivity contribution in [2.75, 3.05) is 32.2 Å². The molecule has 2 aromatic rings. The molecule has 2 aliphatic rings. The Bertz CT molecular complexity index is 1070. The number of aryl methyl sites for hydroxylation is 1. The highest BCUT2D eigenvalue weighted by Gasteiger charge is 2.49. The molecule has 1 unspecified atom stereocenters. The summed E-state index contributed by atoms with van der Waals surface area (Å²) in [7, 11) is 1.50. The number of rotatable bonds is 5. The number of urea groups is 1. The SMILES string of the molecule is COc1ccc(C)cc1NC(=O)CN1C(=O)NC(C)(c2ccc3c(c2)OCCO3)C1=O. The number of nitrogens with one attached hydrogen (secondary N) is 2. The van der Waals surface area contributed by atoms with Gasteiger partial charge in [0.05, 0.1) is 12.8 Å². The lowest BCUT2D eigenvalue weighted by Crippen LogP contribution is -2.42. The van der Waals surface area contributed by atoms with Gasteiger partial charge in [0.25, 0.3) is 5.91 Å². The molecule has 9 heteroatoms. The van der Waals surface area contributed by atoms with E-state index in [9.17, 15) is 14.4 Å².